The van der Waals surface area contributed by atoms with E-state index in [4.69, 9.17) is 0 Å². The molecule has 1 aliphatic rings. The minimum atomic E-state index is -0.927. The number of rotatable bonds is 6. The first-order valence-corrected chi connectivity index (χ1v) is 13.6. The molecule has 1 amide bonds. The van der Waals surface area contributed by atoms with Gasteiger partial charge in [0.2, 0.25) is 0 Å². The fourth-order valence-corrected chi connectivity index (χ4v) is 5.22. The van der Waals surface area contributed by atoms with Crippen molar-refractivity contribution in [1.29, 1.82) is 0 Å². The minimum Gasteiger partial charge on any atom is -0.381 e. The molecule has 4 rings (SSSR count). The first-order chi connectivity index (χ1) is 18.0. The van der Waals surface area contributed by atoms with Crippen LogP contribution in [0.2, 0.25) is 0 Å². The average Bonchev–Trinajstić information content (AvgIpc) is 2.89. The van der Waals surface area contributed by atoms with Gasteiger partial charge in [-0.15, -0.1) is 0 Å². The van der Waals surface area contributed by atoms with Gasteiger partial charge in [-0.3, -0.25) is 4.79 Å². The molecule has 3 N–H and O–H groups in total. The molecule has 4 nitrogen and oxygen atoms in total. The number of carbonyl (C=O) groups is 1. The fourth-order valence-electron chi connectivity index (χ4n) is 5.22. The summed E-state index contributed by atoms with van der Waals surface area (Å²) in [6, 6.07) is 20.0. The molecule has 1 unspecified atom stereocenters. The molecule has 0 aromatic heterocycles. The first-order valence-electron chi connectivity index (χ1n) is 13.6. The Hall–Kier alpha value is -3.55. The number of hydrogen-bond acceptors (Lipinski definition) is 3. The van der Waals surface area contributed by atoms with Crippen molar-refractivity contribution >= 4 is 11.6 Å². The summed E-state index contributed by atoms with van der Waals surface area (Å²) in [5.74, 6) is 6.02. The molecule has 3 aromatic carbocycles. The molecule has 1 aliphatic carbocycles. The summed E-state index contributed by atoms with van der Waals surface area (Å²) < 4.78 is 0. The normalized spacial score (nSPS) is 16.0. The lowest BCUT2D eigenvalue weighted by atomic mass is 9.62. The van der Waals surface area contributed by atoms with Crippen molar-refractivity contribution in [3.05, 3.63) is 99.6 Å². The second-order valence-electron chi connectivity index (χ2n) is 11.7. The van der Waals surface area contributed by atoms with Crippen LogP contribution in [0.5, 0.6) is 0 Å². The average molecular weight is 509 g/mol. The van der Waals surface area contributed by atoms with Gasteiger partial charge in [0.05, 0.1) is 0 Å². The molecule has 4 heteroatoms. The summed E-state index contributed by atoms with van der Waals surface area (Å²) >= 11 is 0. The predicted octanol–water partition coefficient (Wildman–Crippen LogP) is 6.79. The van der Waals surface area contributed by atoms with E-state index < -0.39 is 6.10 Å². The van der Waals surface area contributed by atoms with Crippen LogP contribution in [0.4, 0.5) is 5.69 Å². The Kier molecular flexibility index (Phi) is 7.99. The third-order valence-electron chi connectivity index (χ3n) is 7.70. The Morgan fingerprint density at radius 2 is 1.63 bits per heavy atom. The Balaban J connectivity index is 1.67. The Morgan fingerprint density at radius 3 is 2.29 bits per heavy atom. The van der Waals surface area contributed by atoms with E-state index in [2.05, 4.69) is 93.5 Å². The van der Waals surface area contributed by atoms with Gasteiger partial charge in [0.1, 0.15) is 6.10 Å². The number of anilines is 1. The van der Waals surface area contributed by atoms with Crippen LogP contribution in [-0.4, -0.2) is 17.6 Å². The lowest BCUT2D eigenvalue weighted by molar-refractivity contribution is 0.0956. The molecule has 0 saturated carbocycles. The second-order valence-corrected chi connectivity index (χ2v) is 11.7. The molecule has 198 valence electrons. The van der Waals surface area contributed by atoms with Crippen molar-refractivity contribution in [3.63, 3.8) is 0 Å². The van der Waals surface area contributed by atoms with Crippen molar-refractivity contribution in [3.8, 4) is 11.8 Å². The van der Waals surface area contributed by atoms with Crippen LogP contribution in [0.3, 0.4) is 0 Å². The fraction of sp³-hybridized carbons (Fsp3) is 0.382. The smallest absolute Gasteiger partial charge is 0.251 e. The molecule has 3 aromatic rings. The van der Waals surface area contributed by atoms with Crippen LogP contribution < -0.4 is 10.6 Å². The maximum atomic E-state index is 12.0. The molecular formula is C34H40N2O2. The van der Waals surface area contributed by atoms with E-state index in [1.54, 1.807) is 12.1 Å². The quantitative estimate of drug-likeness (QED) is 0.321. The molecular weight excluding hydrogens is 468 g/mol. The van der Waals surface area contributed by atoms with E-state index in [0.29, 0.717) is 18.7 Å². The highest BCUT2D eigenvalue weighted by Crippen LogP contribution is 2.49. The molecule has 0 heterocycles. The predicted molar refractivity (Wildman–Crippen MR) is 157 cm³/mol. The van der Waals surface area contributed by atoms with Gasteiger partial charge in [-0.05, 0) is 90.1 Å². The summed E-state index contributed by atoms with van der Waals surface area (Å²) in [7, 11) is 0. The van der Waals surface area contributed by atoms with Gasteiger partial charge in [-0.25, -0.2) is 0 Å². The number of aliphatic hydroxyl groups excluding tert-OH is 1. The number of carbonyl (C=O) groups excluding carboxylic acids is 1. The van der Waals surface area contributed by atoms with E-state index in [9.17, 15) is 9.90 Å². The highest BCUT2D eigenvalue weighted by Gasteiger charge is 2.39. The summed E-state index contributed by atoms with van der Waals surface area (Å²) in [5, 5.41) is 17.7. The first kappa shape index (κ1) is 27.5. The second kappa shape index (κ2) is 11.1. The largest absolute Gasteiger partial charge is 0.381 e. The third kappa shape index (κ3) is 6.11. The Labute approximate surface area is 227 Å². The zero-order valence-corrected chi connectivity index (χ0v) is 23.5. The van der Waals surface area contributed by atoms with Crippen LogP contribution in [0.25, 0.3) is 0 Å². The number of benzene rings is 3. The SMILES string of the molecule is CCNC(=O)c1ccc(C#CC(O)c2cc(NCc3ccc(C)cc3)c3c(c2)C(C)(C)CCC3(C)C)cc1. The number of fused-ring (bicyclic) bond motifs is 1. The zero-order valence-electron chi connectivity index (χ0n) is 23.5. The number of aryl methyl sites for hydroxylation is 1. The van der Waals surface area contributed by atoms with Crippen molar-refractivity contribution in [2.24, 2.45) is 0 Å². The third-order valence-corrected chi connectivity index (χ3v) is 7.70. The molecule has 0 saturated heterocycles. The van der Waals surface area contributed by atoms with Crippen molar-refractivity contribution in [2.45, 2.75) is 77.9 Å². The van der Waals surface area contributed by atoms with E-state index >= 15 is 0 Å². The maximum absolute atomic E-state index is 12.0. The van der Waals surface area contributed by atoms with Crippen LogP contribution in [0.15, 0.2) is 60.7 Å². The van der Waals surface area contributed by atoms with Crippen molar-refractivity contribution < 1.29 is 9.90 Å². The van der Waals surface area contributed by atoms with Gasteiger partial charge < -0.3 is 15.7 Å². The molecule has 38 heavy (non-hydrogen) atoms. The molecule has 0 bridgehead atoms. The minimum absolute atomic E-state index is 0.00317. The van der Waals surface area contributed by atoms with E-state index in [0.717, 1.165) is 29.7 Å². The highest BCUT2D eigenvalue weighted by molar-refractivity contribution is 5.94. The number of hydrogen-bond donors (Lipinski definition) is 3. The van der Waals surface area contributed by atoms with E-state index in [1.165, 1.54) is 22.3 Å². The number of amides is 1. The summed E-state index contributed by atoms with van der Waals surface area (Å²) in [4.78, 5) is 12.0. The monoisotopic (exact) mass is 508 g/mol. The number of nitrogens with one attached hydrogen (secondary N) is 2. The van der Waals surface area contributed by atoms with Crippen molar-refractivity contribution in [1.82, 2.24) is 5.32 Å². The van der Waals surface area contributed by atoms with Gasteiger partial charge in [-0.2, -0.15) is 0 Å². The highest BCUT2D eigenvalue weighted by atomic mass is 16.3. The zero-order chi connectivity index (χ0) is 27.5. The Morgan fingerprint density at radius 1 is 0.974 bits per heavy atom. The van der Waals surface area contributed by atoms with Gasteiger partial charge in [-0.1, -0.05) is 75.4 Å². The molecule has 0 aliphatic heterocycles. The standard InChI is InChI=1S/C34H40N2O2/c1-7-35-32(38)26-15-12-24(13-16-26)14-17-30(37)27-20-28-31(34(5,6)19-18-33(28,3)4)29(21-27)36-22-25-10-8-23(2)9-11-25/h8-13,15-16,20-21,30,36-37H,7,18-19,22H2,1-6H3,(H,35,38). The van der Waals surface area contributed by atoms with E-state index in [-0.39, 0.29) is 16.7 Å². The summed E-state index contributed by atoms with van der Waals surface area (Å²) in [6.45, 7) is 14.5. The summed E-state index contributed by atoms with van der Waals surface area (Å²) in [6.07, 6.45) is 1.28. The number of aliphatic hydroxyl groups is 1. The molecule has 0 spiro atoms. The Bertz CT molecular complexity index is 1360. The van der Waals surface area contributed by atoms with Gasteiger partial charge in [0.15, 0.2) is 0 Å². The van der Waals surface area contributed by atoms with Crippen LogP contribution in [0, 0.1) is 18.8 Å². The topological polar surface area (TPSA) is 61.4 Å². The van der Waals surface area contributed by atoms with Crippen LogP contribution in [0.1, 0.15) is 97.3 Å². The van der Waals surface area contributed by atoms with Crippen molar-refractivity contribution in [2.75, 3.05) is 11.9 Å². The van der Waals surface area contributed by atoms with E-state index in [1.807, 2.05) is 19.1 Å². The maximum Gasteiger partial charge on any atom is 0.251 e. The van der Waals surface area contributed by atoms with Crippen LogP contribution in [-0.2, 0) is 17.4 Å². The summed E-state index contributed by atoms with van der Waals surface area (Å²) in [5.41, 5.74) is 8.35. The molecule has 0 radical (unpaired) electrons. The van der Waals surface area contributed by atoms with Crippen LogP contribution >= 0.6 is 0 Å². The molecule has 0 fully saturated rings. The van der Waals surface area contributed by atoms with Gasteiger partial charge in [0, 0.05) is 29.9 Å². The van der Waals surface area contributed by atoms with Gasteiger partial charge in [0.25, 0.3) is 5.91 Å². The van der Waals surface area contributed by atoms with Gasteiger partial charge >= 0.3 is 0 Å². The molecule has 1 atom stereocenters. The lowest BCUT2D eigenvalue weighted by Gasteiger charge is -2.43. The lowest BCUT2D eigenvalue weighted by Crippen LogP contribution is -2.35.